The average molecular weight is 214 g/mol. The summed E-state index contributed by atoms with van der Waals surface area (Å²) >= 11 is 7.01. The van der Waals surface area contributed by atoms with Crippen molar-refractivity contribution in [3.8, 4) is 6.07 Å². The minimum absolute atomic E-state index is 0.478. The standard InChI is InChI=1S/C8H8ClN3S/c1-6-2-3-11-8(12-6)13-5-7(9)4-10/h2-3,7H,5H2,1H3. The maximum atomic E-state index is 8.43. The third kappa shape index (κ3) is 3.62. The minimum atomic E-state index is -0.478. The molecule has 1 aromatic rings. The Kier molecular flexibility index (Phi) is 4.00. The van der Waals surface area contributed by atoms with E-state index in [1.165, 1.54) is 11.8 Å². The van der Waals surface area contributed by atoms with Crippen molar-refractivity contribution < 1.29 is 0 Å². The van der Waals surface area contributed by atoms with Crippen molar-refractivity contribution in [1.82, 2.24) is 9.97 Å². The molecule has 0 radical (unpaired) electrons. The van der Waals surface area contributed by atoms with E-state index < -0.39 is 5.38 Å². The van der Waals surface area contributed by atoms with Crippen molar-refractivity contribution >= 4 is 23.4 Å². The smallest absolute Gasteiger partial charge is 0.187 e. The van der Waals surface area contributed by atoms with E-state index in [0.717, 1.165) is 5.69 Å². The fourth-order valence-corrected chi connectivity index (χ4v) is 1.58. The number of thioether (sulfide) groups is 1. The summed E-state index contributed by atoms with van der Waals surface area (Å²) in [5.74, 6) is 0.515. The highest BCUT2D eigenvalue weighted by Crippen LogP contribution is 2.15. The molecular weight excluding hydrogens is 206 g/mol. The molecule has 0 bridgehead atoms. The highest BCUT2D eigenvalue weighted by atomic mass is 35.5. The Morgan fingerprint density at radius 3 is 3.15 bits per heavy atom. The van der Waals surface area contributed by atoms with Gasteiger partial charge in [0, 0.05) is 17.6 Å². The third-order valence-corrected chi connectivity index (χ3v) is 2.66. The molecule has 1 atom stereocenters. The number of hydrogen-bond donors (Lipinski definition) is 0. The topological polar surface area (TPSA) is 49.6 Å². The summed E-state index contributed by atoms with van der Waals surface area (Å²) in [6, 6.07) is 3.76. The molecule has 0 spiro atoms. The maximum Gasteiger partial charge on any atom is 0.187 e. The van der Waals surface area contributed by atoms with Crippen molar-refractivity contribution in [3.05, 3.63) is 18.0 Å². The van der Waals surface area contributed by atoms with Crippen LogP contribution in [0.4, 0.5) is 0 Å². The van der Waals surface area contributed by atoms with Crippen LogP contribution >= 0.6 is 23.4 Å². The molecule has 0 aliphatic rings. The number of aromatic nitrogens is 2. The van der Waals surface area contributed by atoms with Gasteiger partial charge in [0.2, 0.25) is 0 Å². The number of nitriles is 1. The zero-order valence-electron chi connectivity index (χ0n) is 7.07. The minimum Gasteiger partial charge on any atom is -0.231 e. The summed E-state index contributed by atoms with van der Waals surface area (Å²) in [6.45, 7) is 1.90. The van der Waals surface area contributed by atoms with Crippen LogP contribution < -0.4 is 0 Å². The number of hydrogen-bond acceptors (Lipinski definition) is 4. The van der Waals surface area contributed by atoms with E-state index in [2.05, 4.69) is 9.97 Å². The molecule has 0 saturated carbocycles. The van der Waals surface area contributed by atoms with Crippen LogP contribution in [0.1, 0.15) is 5.69 Å². The molecule has 0 aliphatic carbocycles. The second-order valence-electron chi connectivity index (χ2n) is 2.39. The molecule has 1 heterocycles. The lowest BCUT2D eigenvalue weighted by Gasteiger charge is -1.99. The average Bonchev–Trinajstić information content (AvgIpc) is 2.14. The zero-order valence-corrected chi connectivity index (χ0v) is 8.64. The molecule has 1 unspecified atom stereocenters. The predicted molar refractivity (Wildman–Crippen MR) is 52.7 cm³/mol. The molecular formula is C8H8ClN3S. The van der Waals surface area contributed by atoms with Gasteiger partial charge in [-0.1, -0.05) is 11.8 Å². The van der Waals surface area contributed by atoms with E-state index >= 15 is 0 Å². The lowest BCUT2D eigenvalue weighted by Crippen LogP contribution is -1.99. The van der Waals surface area contributed by atoms with E-state index in [4.69, 9.17) is 16.9 Å². The van der Waals surface area contributed by atoms with Crippen LogP contribution in [0, 0.1) is 18.3 Å². The lowest BCUT2D eigenvalue weighted by atomic mass is 10.5. The highest BCUT2D eigenvalue weighted by molar-refractivity contribution is 7.99. The molecule has 13 heavy (non-hydrogen) atoms. The Labute approximate surface area is 86.1 Å². The summed E-state index contributed by atoms with van der Waals surface area (Å²) in [5.41, 5.74) is 0.917. The number of alkyl halides is 1. The van der Waals surface area contributed by atoms with E-state index in [1.807, 2.05) is 19.1 Å². The first-order valence-corrected chi connectivity index (χ1v) is 5.10. The summed E-state index contributed by atoms with van der Waals surface area (Å²) in [6.07, 6.45) is 1.69. The van der Waals surface area contributed by atoms with Crippen LogP contribution in [0.25, 0.3) is 0 Å². The zero-order chi connectivity index (χ0) is 9.68. The van der Waals surface area contributed by atoms with Crippen molar-refractivity contribution in [2.24, 2.45) is 0 Å². The van der Waals surface area contributed by atoms with Crippen LogP contribution in [-0.2, 0) is 0 Å². The first kappa shape index (κ1) is 10.3. The first-order chi connectivity index (χ1) is 6.22. The quantitative estimate of drug-likeness (QED) is 0.438. The summed E-state index contributed by atoms with van der Waals surface area (Å²) in [5, 5.41) is 8.62. The Morgan fingerprint density at radius 2 is 2.54 bits per heavy atom. The van der Waals surface area contributed by atoms with E-state index in [-0.39, 0.29) is 0 Å². The van der Waals surface area contributed by atoms with Gasteiger partial charge in [-0.3, -0.25) is 0 Å². The van der Waals surface area contributed by atoms with Crippen LogP contribution in [-0.4, -0.2) is 21.1 Å². The Morgan fingerprint density at radius 1 is 1.77 bits per heavy atom. The number of halogens is 1. The maximum absolute atomic E-state index is 8.43. The van der Waals surface area contributed by atoms with E-state index in [9.17, 15) is 0 Å². The number of nitrogens with zero attached hydrogens (tertiary/aromatic N) is 3. The van der Waals surface area contributed by atoms with Crippen molar-refractivity contribution in [2.45, 2.75) is 17.5 Å². The van der Waals surface area contributed by atoms with Gasteiger partial charge in [0.15, 0.2) is 5.16 Å². The summed E-state index contributed by atoms with van der Waals surface area (Å²) in [7, 11) is 0. The molecule has 0 N–H and O–H groups in total. The first-order valence-electron chi connectivity index (χ1n) is 3.68. The molecule has 0 aromatic carbocycles. The van der Waals surface area contributed by atoms with Gasteiger partial charge in [-0.05, 0) is 13.0 Å². The molecule has 1 aromatic heterocycles. The number of aryl methyl sites for hydroxylation is 1. The largest absolute Gasteiger partial charge is 0.231 e. The van der Waals surface area contributed by atoms with Gasteiger partial charge >= 0.3 is 0 Å². The second kappa shape index (κ2) is 5.05. The highest BCUT2D eigenvalue weighted by Gasteiger charge is 2.04. The lowest BCUT2D eigenvalue weighted by molar-refractivity contribution is 0.931. The van der Waals surface area contributed by atoms with Gasteiger partial charge in [-0.15, -0.1) is 11.6 Å². The van der Waals surface area contributed by atoms with Gasteiger partial charge in [-0.2, -0.15) is 5.26 Å². The fraction of sp³-hybridized carbons (Fsp3) is 0.375. The Balaban J connectivity index is 2.51. The van der Waals surface area contributed by atoms with Gasteiger partial charge in [0.25, 0.3) is 0 Å². The molecule has 0 saturated heterocycles. The monoisotopic (exact) mass is 213 g/mol. The molecule has 0 fully saturated rings. The molecule has 0 amide bonds. The Hall–Kier alpha value is -0.790. The summed E-state index contributed by atoms with van der Waals surface area (Å²) in [4.78, 5) is 8.19. The van der Waals surface area contributed by atoms with Gasteiger partial charge in [0.1, 0.15) is 5.38 Å². The van der Waals surface area contributed by atoms with Crippen molar-refractivity contribution in [1.29, 1.82) is 5.26 Å². The molecule has 1 rings (SSSR count). The fourth-order valence-electron chi connectivity index (χ4n) is 0.680. The van der Waals surface area contributed by atoms with Gasteiger partial charge < -0.3 is 0 Å². The van der Waals surface area contributed by atoms with Crippen molar-refractivity contribution in [2.75, 3.05) is 5.75 Å². The molecule has 0 aliphatic heterocycles. The van der Waals surface area contributed by atoms with Gasteiger partial charge in [0.05, 0.1) is 6.07 Å². The number of rotatable bonds is 3. The molecule has 5 heteroatoms. The molecule has 68 valence electrons. The summed E-state index contributed by atoms with van der Waals surface area (Å²) < 4.78 is 0. The third-order valence-electron chi connectivity index (χ3n) is 1.27. The molecule has 3 nitrogen and oxygen atoms in total. The van der Waals surface area contributed by atoms with Gasteiger partial charge in [-0.25, -0.2) is 9.97 Å². The SMILES string of the molecule is Cc1ccnc(SCC(Cl)C#N)n1. The van der Waals surface area contributed by atoms with Crippen LogP contribution in [0.15, 0.2) is 17.4 Å². The van der Waals surface area contributed by atoms with Crippen molar-refractivity contribution in [3.63, 3.8) is 0 Å². The van der Waals surface area contributed by atoms with Crippen LogP contribution in [0.3, 0.4) is 0 Å². The van der Waals surface area contributed by atoms with E-state index in [1.54, 1.807) is 6.20 Å². The van der Waals surface area contributed by atoms with Crippen LogP contribution in [0.2, 0.25) is 0 Å². The van der Waals surface area contributed by atoms with E-state index in [0.29, 0.717) is 10.9 Å². The Bertz CT molecular complexity index is 323. The predicted octanol–water partition coefficient (Wildman–Crippen LogP) is 2.01. The van der Waals surface area contributed by atoms with Crippen LogP contribution in [0.5, 0.6) is 0 Å². The second-order valence-corrected chi connectivity index (χ2v) is 3.90. The normalized spacial score (nSPS) is 12.1.